The van der Waals surface area contributed by atoms with E-state index < -0.39 is 12.0 Å². The van der Waals surface area contributed by atoms with Crippen LogP contribution in [-0.4, -0.2) is 11.1 Å². The molecule has 0 fully saturated rings. The van der Waals surface area contributed by atoms with E-state index in [4.69, 9.17) is 11.6 Å². The Morgan fingerprint density at radius 3 is 2.42 bits per heavy atom. The van der Waals surface area contributed by atoms with Crippen molar-refractivity contribution >= 4 is 66.5 Å². The van der Waals surface area contributed by atoms with Crippen LogP contribution in [0.1, 0.15) is 10.9 Å². The predicted octanol–water partition coefficient (Wildman–Crippen LogP) is 5.16. The minimum atomic E-state index is -0.934. The van der Waals surface area contributed by atoms with Crippen molar-refractivity contribution in [3.05, 3.63) is 48.5 Å². The summed E-state index contributed by atoms with van der Waals surface area (Å²) < 4.78 is 1.71. The lowest BCUT2D eigenvalue weighted by molar-refractivity contribution is -0.138. The lowest BCUT2D eigenvalue weighted by Crippen LogP contribution is -2.19. The maximum atomic E-state index is 11.4. The van der Waals surface area contributed by atoms with Gasteiger partial charge in [0.05, 0.1) is 3.79 Å². The Kier molecular flexibility index (Phi) is 4.89. The highest BCUT2D eigenvalue weighted by Gasteiger charge is 2.22. The molecular formula is C12H8Br2ClNO2S. The van der Waals surface area contributed by atoms with Gasteiger partial charge in [0.15, 0.2) is 6.04 Å². The van der Waals surface area contributed by atoms with Crippen LogP contribution in [0.15, 0.2) is 38.6 Å². The molecule has 1 unspecified atom stereocenters. The Labute approximate surface area is 135 Å². The molecule has 0 saturated carbocycles. The van der Waals surface area contributed by atoms with Crippen LogP contribution in [0, 0.1) is 0 Å². The zero-order valence-corrected chi connectivity index (χ0v) is 14.1. The molecule has 0 aliphatic carbocycles. The number of anilines is 1. The van der Waals surface area contributed by atoms with Gasteiger partial charge in [-0.05, 0) is 62.2 Å². The van der Waals surface area contributed by atoms with E-state index in [-0.39, 0.29) is 0 Å². The SMILES string of the molecule is O=C(O)C(Nc1ccc(Cl)cc1)c1cc(Br)c(Br)s1. The van der Waals surface area contributed by atoms with Gasteiger partial charge in [0.25, 0.3) is 0 Å². The molecule has 0 spiro atoms. The van der Waals surface area contributed by atoms with Crippen molar-refractivity contribution in [3.8, 4) is 0 Å². The Bertz CT molecular complexity index is 581. The molecule has 0 saturated heterocycles. The molecule has 2 rings (SSSR count). The van der Waals surface area contributed by atoms with Gasteiger partial charge in [-0.1, -0.05) is 11.6 Å². The highest BCUT2D eigenvalue weighted by Crippen LogP contribution is 2.36. The van der Waals surface area contributed by atoms with E-state index in [2.05, 4.69) is 37.2 Å². The lowest BCUT2D eigenvalue weighted by Gasteiger charge is -2.14. The highest BCUT2D eigenvalue weighted by atomic mass is 79.9. The quantitative estimate of drug-likeness (QED) is 0.711. The molecule has 0 aliphatic rings. The van der Waals surface area contributed by atoms with Gasteiger partial charge in [-0.25, -0.2) is 4.79 Å². The fourth-order valence-corrected chi connectivity index (χ4v) is 3.73. The monoisotopic (exact) mass is 423 g/mol. The molecule has 1 atom stereocenters. The number of hydrogen-bond acceptors (Lipinski definition) is 3. The molecule has 0 aliphatic heterocycles. The molecule has 3 nitrogen and oxygen atoms in total. The summed E-state index contributed by atoms with van der Waals surface area (Å²) >= 11 is 13.9. The Hall–Kier alpha value is -0.560. The van der Waals surface area contributed by atoms with Gasteiger partial charge in [-0.15, -0.1) is 11.3 Å². The summed E-state index contributed by atoms with van der Waals surface area (Å²) in [4.78, 5) is 12.1. The van der Waals surface area contributed by atoms with Crippen molar-refractivity contribution in [1.29, 1.82) is 0 Å². The molecule has 1 heterocycles. The summed E-state index contributed by atoms with van der Waals surface area (Å²) in [6, 6.07) is 7.91. The van der Waals surface area contributed by atoms with Crippen LogP contribution in [0.4, 0.5) is 5.69 Å². The summed E-state index contributed by atoms with van der Waals surface area (Å²) in [5, 5.41) is 12.9. The van der Waals surface area contributed by atoms with Crippen LogP contribution < -0.4 is 5.32 Å². The van der Waals surface area contributed by atoms with E-state index in [0.29, 0.717) is 15.6 Å². The molecular weight excluding hydrogens is 417 g/mol. The summed E-state index contributed by atoms with van der Waals surface area (Å²) in [6.45, 7) is 0. The van der Waals surface area contributed by atoms with Crippen LogP contribution in [0.2, 0.25) is 5.02 Å². The third-order valence-corrected chi connectivity index (χ3v) is 5.92. The molecule has 100 valence electrons. The molecule has 7 heteroatoms. The van der Waals surface area contributed by atoms with Crippen LogP contribution in [-0.2, 0) is 4.79 Å². The molecule has 0 radical (unpaired) electrons. The first-order valence-electron chi connectivity index (χ1n) is 5.17. The fraction of sp³-hybridized carbons (Fsp3) is 0.0833. The largest absolute Gasteiger partial charge is 0.479 e. The van der Waals surface area contributed by atoms with Gasteiger partial charge in [0.2, 0.25) is 0 Å². The minimum absolute atomic E-state index is 0.610. The smallest absolute Gasteiger partial charge is 0.331 e. The number of carbonyl (C=O) groups is 1. The first kappa shape index (κ1) is 14.8. The van der Waals surface area contributed by atoms with Crippen molar-refractivity contribution in [2.75, 3.05) is 5.32 Å². The number of carboxylic acid groups (broad SMARTS) is 1. The number of thiophene rings is 1. The van der Waals surface area contributed by atoms with Crippen LogP contribution >= 0.6 is 54.8 Å². The number of rotatable bonds is 4. The number of benzene rings is 1. The number of carboxylic acids is 1. The second-order valence-corrected chi connectivity index (χ2v) is 7.39. The van der Waals surface area contributed by atoms with E-state index in [1.807, 2.05) is 0 Å². The zero-order chi connectivity index (χ0) is 14.0. The Balaban J connectivity index is 2.26. The van der Waals surface area contributed by atoms with E-state index >= 15 is 0 Å². The average Bonchev–Trinajstić information content (AvgIpc) is 2.68. The fourth-order valence-electron chi connectivity index (χ4n) is 1.47. The maximum absolute atomic E-state index is 11.4. The third-order valence-electron chi connectivity index (χ3n) is 2.35. The molecule has 1 aromatic carbocycles. The van der Waals surface area contributed by atoms with E-state index in [9.17, 15) is 9.90 Å². The van der Waals surface area contributed by atoms with Gasteiger partial charge in [0.1, 0.15) is 0 Å². The van der Waals surface area contributed by atoms with Crippen molar-refractivity contribution in [2.45, 2.75) is 6.04 Å². The number of nitrogens with one attached hydrogen (secondary N) is 1. The molecule has 0 amide bonds. The number of halogens is 3. The van der Waals surface area contributed by atoms with Crippen molar-refractivity contribution in [3.63, 3.8) is 0 Å². The van der Waals surface area contributed by atoms with Crippen LogP contribution in [0.5, 0.6) is 0 Å². The molecule has 2 aromatic rings. The van der Waals surface area contributed by atoms with Crippen molar-refractivity contribution < 1.29 is 9.90 Å². The lowest BCUT2D eigenvalue weighted by atomic mass is 10.2. The molecule has 2 N–H and O–H groups in total. The average molecular weight is 426 g/mol. The van der Waals surface area contributed by atoms with Gasteiger partial charge >= 0.3 is 5.97 Å². The minimum Gasteiger partial charge on any atom is -0.479 e. The van der Waals surface area contributed by atoms with Gasteiger partial charge in [0, 0.05) is 20.1 Å². The normalized spacial score (nSPS) is 12.2. The first-order chi connectivity index (χ1) is 8.97. The third kappa shape index (κ3) is 3.72. The molecule has 0 bridgehead atoms. The van der Waals surface area contributed by atoms with Crippen LogP contribution in [0.3, 0.4) is 0 Å². The van der Waals surface area contributed by atoms with Crippen molar-refractivity contribution in [1.82, 2.24) is 0 Å². The zero-order valence-electron chi connectivity index (χ0n) is 9.36. The summed E-state index contributed by atoms with van der Waals surface area (Å²) in [5.74, 6) is -0.934. The number of hydrogen-bond donors (Lipinski definition) is 2. The van der Waals surface area contributed by atoms with E-state index in [0.717, 1.165) is 8.26 Å². The Morgan fingerprint density at radius 2 is 1.95 bits per heavy atom. The maximum Gasteiger partial charge on any atom is 0.331 e. The second-order valence-electron chi connectivity index (χ2n) is 3.69. The van der Waals surface area contributed by atoms with E-state index in [1.54, 1.807) is 30.3 Å². The predicted molar refractivity (Wildman–Crippen MR) is 85.2 cm³/mol. The Morgan fingerprint density at radius 1 is 1.32 bits per heavy atom. The summed E-state index contributed by atoms with van der Waals surface area (Å²) in [7, 11) is 0. The van der Waals surface area contributed by atoms with E-state index in [1.165, 1.54) is 11.3 Å². The summed E-state index contributed by atoms with van der Waals surface area (Å²) in [6.07, 6.45) is 0. The molecule has 1 aromatic heterocycles. The summed E-state index contributed by atoms with van der Waals surface area (Å²) in [5.41, 5.74) is 0.706. The number of aliphatic carboxylic acids is 1. The molecule has 19 heavy (non-hydrogen) atoms. The first-order valence-corrected chi connectivity index (χ1v) is 7.95. The standard InChI is InChI=1S/C12H8Br2ClNO2S/c13-8-5-9(19-11(8)14)10(12(17)18)16-7-3-1-6(15)2-4-7/h1-5,10,16H,(H,17,18). The van der Waals surface area contributed by atoms with Gasteiger partial charge in [-0.3, -0.25) is 0 Å². The second kappa shape index (κ2) is 6.26. The van der Waals surface area contributed by atoms with Crippen molar-refractivity contribution in [2.24, 2.45) is 0 Å². The highest BCUT2D eigenvalue weighted by molar-refractivity contribution is 9.13. The van der Waals surface area contributed by atoms with Gasteiger partial charge in [-0.2, -0.15) is 0 Å². The van der Waals surface area contributed by atoms with Gasteiger partial charge < -0.3 is 10.4 Å². The topological polar surface area (TPSA) is 49.3 Å². The van der Waals surface area contributed by atoms with Crippen LogP contribution in [0.25, 0.3) is 0 Å².